The van der Waals surface area contributed by atoms with Crippen LogP contribution in [0.2, 0.25) is 0 Å². The number of non-ortho nitro benzene ring substituents is 1. The number of rotatable bonds is 7. The number of nitro benzene ring substituents is 1. The van der Waals surface area contributed by atoms with Crippen molar-refractivity contribution in [2.45, 2.75) is 19.6 Å². The molecule has 0 radical (unpaired) electrons. The molecule has 0 atom stereocenters. The predicted molar refractivity (Wildman–Crippen MR) is 118 cm³/mol. The van der Waals surface area contributed by atoms with Crippen LogP contribution in [-0.2, 0) is 33.9 Å². The lowest BCUT2D eigenvalue weighted by Gasteiger charge is -2.20. The zero-order chi connectivity index (χ0) is 23.2. The van der Waals surface area contributed by atoms with E-state index in [1.165, 1.54) is 18.2 Å². The van der Waals surface area contributed by atoms with E-state index >= 15 is 0 Å². The Labute approximate surface area is 189 Å². The zero-order valence-electron chi connectivity index (χ0n) is 17.5. The minimum absolute atomic E-state index is 0.00202. The van der Waals surface area contributed by atoms with Gasteiger partial charge in [0.15, 0.2) is 6.79 Å². The van der Waals surface area contributed by atoms with E-state index in [1.807, 2.05) is 30.3 Å². The van der Waals surface area contributed by atoms with Gasteiger partial charge in [-0.15, -0.1) is 0 Å². The number of nitro groups is 1. The molecule has 0 saturated carbocycles. The molecular weight excluding hydrogens is 428 g/mol. The van der Waals surface area contributed by atoms with Crippen molar-refractivity contribution in [1.82, 2.24) is 0 Å². The molecular formula is C24H20N2O7. The van der Waals surface area contributed by atoms with Crippen LogP contribution in [0.4, 0.5) is 11.4 Å². The van der Waals surface area contributed by atoms with E-state index in [4.69, 9.17) is 14.2 Å². The number of esters is 1. The molecule has 3 aromatic rings. The summed E-state index contributed by atoms with van der Waals surface area (Å²) in [5.74, 6) is -0.551. The fourth-order valence-electron chi connectivity index (χ4n) is 3.46. The third-order valence-electron chi connectivity index (χ3n) is 4.97. The second-order valence-corrected chi connectivity index (χ2v) is 7.29. The fraction of sp³-hybridized carbons (Fsp3) is 0.167. The standard InChI is InChI=1S/C24H20N2O7/c27-22(10-16-6-2-1-3-7-16)25-21-9-5-4-8-20(21)24(28)32-14-18-12-19(26(29)30)11-17-13-31-15-33-23(17)18/h1-9,11-12H,10,13-15H2,(H,25,27). The number of hydrogen-bond acceptors (Lipinski definition) is 7. The predicted octanol–water partition coefficient (Wildman–Crippen LogP) is 4.00. The molecule has 1 aliphatic rings. The highest BCUT2D eigenvalue weighted by Crippen LogP contribution is 2.33. The number of carbonyl (C=O) groups is 2. The van der Waals surface area contributed by atoms with Gasteiger partial charge in [0.1, 0.15) is 12.4 Å². The van der Waals surface area contributed by atoms with Crippen LogP contribution in [0.3, 0.4) is 0 Å². The third kappa shape index (κ3) is 5.34. The summed E-state index contributed by atoms with van der Waals surface area (Å²) in [4.78, 5) is 36.0. The molecule has 1 amide bonds. The van der Waals surface area contributed by atoms with Crippen molar-refractivity contribution in [3.05, 3.63) is 99.1 Å². The average molecular weight is 448 g/mol. The van der Waals surface area contributed by atoms with Crippen LogP contribution in [0.5, 0.6) is 5.75 Å². The van der Waals surface area contributed by atoms with Gasteiger partial charge >= 0.3 is 5.97 Å². The number of hydrogen-bond donors (Lipinski definition) is 1. The fourth-order valence-corrected chi connectivity index (χ4v) is 3.46. The number of ether oxygens (including phenoxy) is 3. The lowest BCUT2D eigenvalue weighted by molar-refractivity contribution is -0.385. The van der Waals surface area contributed by atoms with Crippen molar-refractivity contribution < 1.29 is 28.7 Å². The second-order valence-electron chi connectivity index (χ2n) is 7.29. The largest absolute Gasteiger partial charge is 0.467 e. The maximum Gasteiger partial charge on any atom is 0.340 e. The summed E-state index contributed by atoms with van der Waals surface area (Å²) in [6, 6.07) is 18.4. The van der Waals surface area contributed by atoms with Gasteiger partial charge in [-0.2, -0.15) is 0 Å². The molecule has 0 spiro atoms. The first-order valence-corrected chi connectivity index (χ1v) is 10.1. The summed E-state index contributed by atoms with van der Waals surface area (Å²) in [5.41, 5.74) is 2.05. The quantitative estimate of drug-likeness (QED) is 0.330. The summed E-state index contributed by atoms with van der Waals surface area (Å²) in [6.45, 7) is -0.0780. The number of carbonyl (C=O) groups excluding carboxylic acids is 2. The SMILES string of the molecule is O=C(Cc1ccccc1)Nc1ccccc1C(=O)OCc1cc([N+](=O)[O-])cc2c1OCOC2. The van der Waals surface area contributed by atoms with Gasteiger partial charge in [-0.3, -0.25) is 14.9 Å². The molecule has 3 aromatic carbocycles. The molecule has 0 aromatic heterocycles. The lowest BCUT2D eigenvalue weighted by Crippen LogP contribution is -2.18. The number of para-hydroxylation sites is 1. The third-order valence-corrected chi connectivity index (χ3v) is 4.97. The van der Waals surface area contributed by atoms with Gasteiger partial charge < -0.3 is 19.5 Å². The number of nitrogens with one attached hydrogen (secondary N) is 1. The number of fused-ring (bicyclic) bond motifs is 1. The molecule has 9 heteroatoms. The average Bonchev–Trinajstić information content (AvgIpc) is 2.83. The minimum Gasteiger partial charge on any atom is -0.467 e. The molecule has 1 heterocycles. The van der Waals surface area contributed by atoms with Crippen LogP contribution >= 0.6 is 0 Å². The van der Waals surface area contributed by atoms with Crippen LogP contribution in [0.15, 0.2) is 66.7 Å². The lowest BCUT2D eigenvalue weighted by atomic mass is 10.1. The van der Waals surface area contributed by atoms with Gasteiger partial charge in [-0.1, -0.05) is 42.5 Å². The van der Waals surface area contributed by atoms with Crippen molar-refractivity contribution in [2.75, 3.05) is 12.1 Å². The minimum atomic E-state index is -0.682. The van der Waals surface area contributed by atoms with Crippen molar-refractivity contribution in [2.24, 2.45) is 0 Å². The van der Waals surface area contributed by atoms with Crippen molar-refractivity contribution >= 4 is 23.3 Å². The van der Waals surface area contributed by atoms with Crippen molar-refractivity contribution in [3.63, 3.8) is 0 Å². The smallest absolute Gasteiger partial charge is 0.340 e. The second kappa shape index (κ2) is 9.92. The maximum atomic E-state index is 12.8. The first-order chi connectivity index (χ1) is 16.0. The van der Waals surface area contributed by atoms with Gasteiger partial charge in [-0.05, 0) is 17.7 Å². The summed E-state index contributed by atoms with van der Waals surface area (Å²) < 4.78 is 16.1. The van der Waals surface area contributed by atoms with Crippen LogP contribution in [0.1, 0.15) is 27.0 Å². The summed E-state index contributed by atoms with van der Waals surface area (Å²) in [7, 11) is 0. The van der Waals surface area contributed by atoms with E-state index < -0.39 is 10.9 Å². The molecule has 4 rings (SSSR count). The monoisotopic (exact) mass is 448 g/mol. The van der Waals surface area contributed by atoms with E-state index in [-0.39, 0.29) is 43.6 Å². The summed E-state index contributed by atoms with van der Waals surface area (Å²) >= 11 is 0. The highest BCUT2D eigenvalue weighted by molar-refractivity contribution is 6.01. The molecule has 0 bridgehead atoms. The normalized spacial score (nSPS) is 12.2. The van der Waals surface area contributed by atoms with Gasteiger partial charge in [0.25, 0.3) is 5.69 Å². The van der Waals surface area contributed by atoms with Crippen LogP contribution in [-0.4, -0.2) is 23.6 Å². The first kappa shape index (κ1) is 22.0. The molecule has 168 valence electrons. The summed E-state index contributed by atoms with van der Waals surface area (Å²) in [5, 5.41) is 14.0. The number of nitrogens with zero attached hydrogens (tertiary/aromatic N) is 1. The van der Waals surface area contributed by atoms with E-state index in [2.05, 4.69) is 5.32 Å². The van der Waals surface area contributed by atoms with E-state index in [1.54, 1.807) is 18.2 Å². The first-order valence-electron chi connectivity index (χ1n) is 10.1. The van der Waals surface area contributed by atoms with E-state index in [9.17, 15) is 19.7 Å². The van der Waals surface area contributed by atoms with Gasteiger partial charge in [0.05, 0.1) is 29.2 Å². The molecule has 33 heavy (non-hydrogen) atoms. The van der Waals surface area contributed by atoms with Gasteiger partial charge in [0.2, 0.25) is 5.91 Å². The molecule has 9 nitrogen and oxygen atoms in total. The van der Waals surface area contributed by atoms with Gasteiger partial charge in [0, 0.05) is 23.3 Å². The highest BCUT2D eigenvalue weighted by atomic mass is 16.7. The molecule has 0 aliphatic carbocycles. The molecule has 1 aliphatic heterocycles. The van der Waals surface area contributed by atoms with Crippen LogP contribution in [0.25, 0.3) is 0 Å². The zero-order valence-corrected chi connectivity index (χ0v) is 17.5. The Morgan fingerprint density at radius 2 is 1.82 bits per heavy atom. The van der Waals surface area contributed by atoms with Crippen LogP contribution < -0.4 is 10.1 Å². The molecule has 1 N–H and O–H groups in total. The molecule has 0 saturated heterocycles. The van der Waals surface area contributed by atoms with E-state index in [0.717, 1.165) is 5.56 Å². The Balaban J connectivity index is 1.48. The maximum absolute atomic E-state index is 12.8. The Kier molecular flexibility index (Phi) is 6.61. The van der Waals surface area contributed by atoms with Crippen molar-refractivity contribution in [3.8, 4) is 5.75 Å². The molecule has 0 unspecified atom stereocenters. The number of anilines is 1. The Hall–Kier alpha value is -4.24. The Morgan fingerprint density at radius 1 is 1.06 bits per heavy atom. The highest BCUT2D eigenvalue weighted by Gasteiger charge is 2.22. The number of amides is 1. The molecule has 0 fully saturated rings. The Morgan fingerprint density at radius 3 is 2.61 bits per heavy atom. The summed E-state index contributed by atoms with van der Waals surface area (Å²) in [6.07, 6.45) is 0.156. The Bertz CT molecular complexity index is 1190. The number of benzene rings is 3. The van der Waals surface area contributed by atoms with Crippen LogP contribution in [0, 0.1) is 10.1 Å². The van der Waals surface area contributed by atoms with E-state index in [0.29, 0.717) is 22.6 Å². The van der Waals surface area contributed by atoms with Crippen molar-refractivity contribution in [1.29, 1.82) is 0 Å². The van der Waals surface area contributed by atoms with Gasteiger partial charge in [-0.25, -0.2) is 4.79 Å². The topological polar surface area (TPSA) is 117 Å².